The third-order valence-electron chi connectivity index (χ3n) is 6.05. The van der Waals surface area contributed by atoms with Crippen LogP contribution in [-0.2, 0) is 9.53 Å². The second-order valence-electron chi connectivity index (χ2n) is 8.17. The van der Waals surface area contributed by atoms with Crippen LogP contribution < -0.4 is 10.6 Å². The summed E-state index contributed by atoms with van der Waals surface area (Å²) in [4.78, 5) is 15.0. The summed E-state index contributed by atoms with van der Waals surface area (Å²) in [5.41, 5.74) is 2.54. The molecule has 2 heterocycles. The molecule has 3 rings (SSSR count). The Hall–Kier alpha value is -1.43. The van der Waals surface area contributed by atoms with E-state index in [4.69, 9.17) is 4.74 Å². The number of carbonyl (C=O) groups excluding carboxylic acids is 1. The summed E-state index contributed by atoms with van der Waals surface area (Å²) in [6.45, 7) is 10.5. The molecular formula is C22H35N3O2. The molecule has 27 heavy (non-hydrogen) atoms. The van der Waals surface area contributed by atoms with Crippen molar-refractivity contribution in [2.24, 2.45) is 11.8 Å². The number of morpholine rings is 1. The minimum absolute atomic E-state index is 0.180. The Kier molecular flexibility index (Phi) is 7.68. The van der Waals surface area contributed by atoms with Crippen LogP contribution in [0.2, 0.25) is 0 Å². The zero-order chi connectivity index (χ0) is 19.1. The van der Waals surface area contributed by atoms with Crippen LogP contribution in [0, 0.1) is 18.8 Å². The highest BCUT2D eigenvalue weighted by atomic mass is 16.5. The SMILES string of the molecule is Cc1cccc(C(CNC(=O)CC(C)C2CCCNC2)N2CCOCC2)c1. The molecular weight excluding hydrogens is 338 g/mol. The van der Waals surface area contributed by atoms with E-state index in [1.54, 1.807) is 0 Å². The van der Waals surface area contributed by atoms with Crippen LogP contribution in [0.1, 0.15) is 43.4 Å². The van der Waals surface area contributed by atoms with Gasteiger partial charge in [0, 0.05) is 26.1 Å². The lowest BCUT2D eigenvalue weighted by Crippen LogP contribution is -2.44. The highest BCUT2D eigenvalue weighted by Gasteiger charge is 2.25. The summed E-state index contributed by atoms with van der Waals surface area (Å²) in [7, 11) is 0. The molecule has 1 aromatic carbocycles. The number of hydrogen-bond acceptors (Lipinski definition) is 4. The Morgan fingerprint density at radius 2 is 2.19 bits per heavy atom. The highest BCUT2D eigenvalue weighted by molar-refractivity contribution is 5.76. The number of nitrogens with zero attached hydrogens (tertiary/aromatic N) is 1. The van der Waals surface area contributed by atoms with E-state index >= 15 is 0 Å². The van der Waals surface area contributed by atoms with E-state index in [1.807, 2.05) is 0 Å². The first-order valence-electron chi connectivity index (χ1n) is 10.5. The van der Waals surface area contributed by atoms with Crippen molar-refractivity contribution in [3.8, 4) is 0 Å². The van der Waals surface area contributed by atoms with E-state index < -0.39 is 0 Å². The van der Waals surface area contributed by atoms with Crippen molar-refractivity contribution in [2.45, 2.75) is 39.2 Å². The first kappa shape index (κ1) is 20.3. The van der Waals surface area contributed by atoms with Gasteiger partial charge in [-0.1, -0.05) is 36.8 Å². The maximum atomic E-state index is 12.6. The molecule has 3 unspecified atom stereocenters. The van der Waals surface area contributed by atoms with Crippen molar-refractivity contribution in [3.63, 3.8) is 0 Å². The first-order chi connectivity index (χ1) is 13.1. The lowest BCUT2D eigenvalue weighted by molar-refractivity contribution is -0.122. The van der Waals surface area contributed by atoms with Gasteiger partial charge in [-0.3, -0.25) is 9.69 Å². The number of hydrogen-bond donors (Lipinski definition) is 2. The Labute approximate surface area is 163 Å². The van der Waals surface area contributed by atoms with Crippen molar-refractivity contribution in [1.29, 1.82) is 0 Å². The average molecular weight is 374 g/mol. The predicted octanol–water partition coefficient (Wildman–Crippen LogP) is 2.51. The van der Waals surface area contributed by atoms with Crippen molar-refractivity contribution in [1.82, 2.24) is 15.5 Å². The molecule has 0 bridgehead atoms. The molecule has 0 aromatic heterocycles. The van der Waals surface area contributed by atoms with Crippen LogP contribution in [0.25, 0.3) is 0 Å². The fraction of sp³-hybridized carbons (Fsp3) is 0.682. The van der Waals surface area contributed by atoms with Crippen molar-refractivity contribution >= 4 is 5.91 Å². The molecule has 0 radical (unpaired) electrons. The second-order valence-corrected chi connectivity index (χ2v) is 8.17. The van der Waals surface area contributed by atoms with Crippen LogP contribution in [0.4, 0.5) is 0 Å². The molecule has 3 atom stereocenters. The van der Waals surface area contributed by atoms with Gasteiger partial charge in [0.15, 0.2) is 0 Å². The number of carbonyl (C=O) groups is 1. The minimum atomic E-state index is 0.180. The monoisotopic (exact) mass is 373 g/mol. The second kappa shape index (κ2) is 10.2. The third kappa shape index (κ3) is 6.03. The normalized spacial score (nSPS) is 23.6. The van der Waals surface area contributed by atoms with Gasteiger partial charge in [0.25, 0.3) is 0 Å². The van der Waals surface area contributed by atoms with E-state index in [-0.39, 0.29) is 11.9 Å². The van der Waals surface area contributed by atoms with Gasteiger partial charge in [-0.05, 0) is 50.3 Å². The summed E-state index contributed by atoms with van der Waals surface area (Å²) in [5.74, 6) is 1.23. The molecule has 2 N–H and O–H groups in total. The fourth-order valence-electron chi connectivity index (χ4n) is 4.33. The molecule has 2 aliphatic heterocycles. The van der Waals surface area contributed by atoms with Gasteiger partial charge >= 0.3 is 0 Å². The number of rotatable bonds is 7. The first-order valence-corrected chi connectivity index (χ1v) is 10.5. The number of piperidine rings is 1. The number of ether oxygens (including phenoxy) is 1. The maximum Gasteiger partial charge on any atom is 0.220 e. The van der Waals surface area contributed by atoms with E-state index in [2.05, 4.69) is 53.6 Å². The van der Waals surface area contributed by atoms with Crippen LogP contribution in [0.5, 0.6) is 0 Å². The highest BCUT2D eigenvalue weighted by Crippen LogP contribution is 2.24. The summed E-state index contributed by atoms with van der Waals surface area (Å²) in [6, 6.07) is 8.86. The molecule has 2 saturated heterocycles. The van der Waals surface area contributed by atoms with Crippen LogP contribution in [0.15, 0.2) is 24.3 Å². The fourth-order valence-corrected chi connectivity index (χ4v) is 4.33. The molecule has 150 valence electrons. The van der Waals surface area contributed by atoms with Crippen molar-refractivity contribution < 1.29 is 9.53 Å². The van der Waals surface area contributed by atoms with E-state index in [9.17, 15) is 4.79 Å². The molecule has 2 aliphatic rings. The van der Waals surface area contributed by atoms with Crippen LogP contribution in [0.3, 0.4) is 0 Å². The smallest absolute Gasteiger partial charge is 0.220 e. The number of benzene rings is 1. The third-order valence-corrected chi connectivity index (χ3v) is 6.05. The molecule has 1 amide bonds. The number of aryl methyl sites for hydroxylation is 1. The Morgan fingerprint density at radius 1 is 1.37 bits per heavy atom. The van der Waals surface area contributed by atoms with Crippen molar-refractivity contribution in [3.05, 3.63) is 35.4 Å². The summed E-state index contributed by atoms with van der Waals surface area (Å²) < 4.78 is 5.52. The van der Waals surface area contributed by atoms with Gasteiger partial charge in [-0.2, -0.15) is 0 Å². The zero-order valence-electron chi connectivity index (χ0n) is 16.9. The molecule has 2 fully saturated rings. The topological polar surface area (TPSA) is 53.6 Å². The molecule has 0 spiro atoms. The lowest BCUT2D eigenvalue weighted by atomic mass is 9.85. The minimum Gasteiger partial charge on any atom is -0.379 e. The zero-order valence-corrected chi connectivity index (χ0v) is 16.9. The van der Waals surface area contributed by atoms with Gasteiger partial charge in [0.1, 0.15) is 0 Å². The van der Waals surface area contributed by atoms with Gasteiger partial charge in [0.2, 0.25) is 5.91 Å². The maximum absolute atomic E-state index is 12.6. The van der Waals surface area contributed by atoms with Gasteiger partial charge in [-0.15, -0.1) is 0 Å². The van der Waals surface area contributed by atoms with E-state index in [0.717, 1.165) is 39.4 Å². The van der Waals surface area contributed by atoms with E-state index in [1.165, 1.54) is 24.0 Å². The van der Waals surface area contributed by atoms with Crippen molar-refractivity contribution in [2.75, 3.05) is 45.9 Å². The molecule has 1 aromatic rings. The standard InChI is InChI=1S/C22H35N3O2/c1-17-5-3-6-19(13-17)21(25-9-11-27-12-10-25)16-24-22(26)14-18(2)20-7-4-8-23-15-20/h3,5-6,13,18,20-21,23H,4,7-12,14-16H2,1-2H3,(H,24,26). The van der Waals surface area contributed by atoms with Gasteiger partial charge < -0.3 is 15.4 Å². The van der Waals surface area contributed by atoms with Crippen LogP contribution >= 0.6 is 0 Å². The van der Waals surface area contributed by atoms with Gasteiger partial charge in [-0.25, -0.2) is 0 Å². The summed E-state index contributed by atoms with van der Waals surface area (Å²) in [5, 5.41) is 6.68. The number of amides is 1. The Bertz CT molecular complexity index is 595. The van der Waals surface area contributed by atoms with Gasteiger partial charge in [0.05, 0.1) is 19.3 Å². The summed E-state index contributed by atoms with van der Waals surface area (Å²) in [6.07, 6.45) is 3.08. The summed E-state index contributed by atoms with van der Waals surface area (Å²) >= 11 is 0. The number of nitrogens with one attached hydrogen (secondary N) is 2. The molecule has 5 nitrogen and oxygen atoms in total. The lowest BCUT2D eigenvalue weighted by Gasteiger charge is -2.35. The largest absolute Gasteiger partial charge is 0.379 e. The Morgan fingerprint density at radius 3 is 2.89 bits per heavy atom. The molecule has 0 saturated carbocycles. The average Bonchev–Trinajstić information content (AvgIpc) is 2.70. The predicted molar refractivity (Wildman–Crippen MR) is 109 cm³/mol. The van der Waals surface area contributed by atoms with E-state index in [0.29, 0.717) is 24.8 Å². The Balaban J connectivity index is 1.57. The van der Waals surface area contributed by atoms with Crippen LogP contribution in [-0.4, -0.2) is 56.7 Å². The molecule has 5 heteroatoms. The molecule has 0 aliphatic carbocycles. The quantitative estimate of drug-likeness (QED) is 0.771.